The quantitative estimate of drug-likeness (QED) is 0.710. The average molecular weight is 269 g/mol. The van der Waals surface area contributed by atoms with Crippen LogP contribution in [0.15, 0.2) is 48.8 Å². The molecule has 3 aromatic rings. The summed E-state index contributed by atoms with van der Waals surface area (Å²) in [6.07, 6.45) is 1.77. The fourth-order valence-corrected chi connectivity index (χ4v) is 2.08. The Morgan fingerprint density at radius 2 is 1.95 bits per heavy atom. The molecule has 0 unspecified atom stereocenters. The molecular formula is C15H15N3O2. The largest absolute Gasteiger partial charge is 0.491 e. The summed E-state index contributed by atoms with van der Waals surface area (Å²) in [5, 5.41) is 8.81. The topological polar surface area (TPSA) is 73.3 Å². The Balaban J connectivity index is 2.04. The first-order valence-corrected chi connectivity index (χ1v) is 6.34. The molecule has 0 spiro atoms. The number of nitrogens with two attached hydrogens (primary N) is 1. The third kappa shape index (κ3) is 2.31. The number of aliphatic hydroxyl groups excluding tert-OH is 1. The lowest BCUT2D eigenvalue weighted by Crippen LogP contribution is -2.01. The maximum atomic E-state index is 8.81. The summed E-state index contributed by atoms with van der Waals surface area (Å²) in [7, 11) is 0. The van der Waals surface area contributed by atoms with Crippen molar-refractivity contribution in [2.24, 2.45) is 0 Å². The van der Waals surface area contributed by atoms with Gasteiger partial charge in [-0.1, -0.05) is 0 Å². The van der Waals surface area contributed by atoms with Crippen molar-refractivity contribution in [3.05, 3.63) is 48.8 Å². The van der Waals surface area contributed by atoms with E-state index in [0.717, 1.165) is 22.4 Å². The molecule has 0 aliphatic heterocycles. The van der Waals surface area contributed by atoms with Gasteiger partial charge in [0.2, 0.25) is 0 Å². The van der Waals surface area contributed by atoms with Crippen molar-refractivity contribution in [3.63, 3.8) is 0 Å². The average Bonchev–Trinajstić information content (AvgIpc) is 2.89. The zero-order valence-electron chi connectivity index (χ0n) is 10.9. The molecule has 20 heavy (non-hydrogen) atoms. The highest BCUT2D eigenvalue weighted by Crippen LogP contribution is 2.23. The number of fused-ring (bicyclic) bond motifs is 1. The molecule has 3 rings (SSSR count). The lowest BCUT2D eigenvalue weighted by Gasteiger charge is -2.07. The highest BCUT2D eigenvalue weighted by atomic mass is 16.5. The molecule has 1 heterocycles. The van der Waals surface area contributed by atoms with Crippen molar-refractivity contribution in [2.75, 3.05) is 18.9 Å². The summed E-state index contributed by atoms with van der Waals surface area (Å²) < 4.78 is 7.40. The highest BCUT2D eigenvalue weighted by Gasteiger charge is 2.06. The number of imidazole rings is 1. The number of nitrogens with zero attached hydrogens (tertiary/aromatic N) is 2. The van der Waals surface area contributed by atoms with E-state index in [2.05, 4.69) is 4.98 Å². The standard InChI is InChI=1S/C15H15N3O2/c16-11-1-3-12(4-2-11)18-10-17-14-6-5-13(9-15(14)18)20-8-7-19/h1-6,9-10,19H,7-8,16H2. The van der Waals surface area contributed by atoms with Gasteiger partial charge in [0.15, 0.2) is 0 Å². The molecule has 2 aromatic carbocycles. The van der Waals surface area contributed by atoms with Crippen LogP contribution < -0.4 is 10.5 Å². The molecule has 0 atom stereocenters. The summed E-state index contributed by atoms with van der Waals surface area (Å²) in [5.74, 6) is 0.712. The first-order chi connectivity index (χ1) is 9.78. The molecule has 0 fully saturated rings. The lowest BCUT2D eigenvalue weighted by molar-refractivity contribution is 0.201. The van der Waals surface area contributed by atoms with Crippen molar-refractivity contribution in [3.8, 4) is 11.4 Å². The summed E-state index contributed by atoms with van der Waals surface area (Å²) in [4.78, 5) is 4.37. The van der Waals surface area contributed by atoms with E-state index >= 15 is 0 Å². The Morgan fingerprint density at radius 3 is 2.70 bits per heavy atom. The summed E-state index contributed by atoms with van der Waals surface area (Å²) in [6, 6.07) is 13.2. The molecule has 1 aromatic heterocycles. The molecule has 102 valence electrons. The monoisotopic (exact) mass is 269 g/mol. The lowest BCUT2D eigenvalue weighted by atomic mass is 10.2. The maximum absolute atomic E-state index is 8.81. The predicted octanol–water partition coefficient (Wildman–Crippen LogP) is 1.98. The van der Waals surface area contributed by atoms with Gasteiger partial charge in [-0.25, -0.2) is 4.98 Å². The van der Waals surface area contributed by atoms with Crippen molar-refractivity contribution >= 4 is 16.7 Å². The van der Waals surface area contributed by atoms with E-state index < -0.39 is 0 Å². The van der Waals surface area contributed by atoms with Crippen LogP contribution in [-0.2, 0) is 0 Å². The number of rotatable bonds is 4. The van der Waals surface area contributed by atoms with Crippen molar-refractivity contribution < 1.29 is 9.84 Å². The highest BCUT2D eigenvalue weighted by molar-refractivity contribution is 5.79. The molecule has 5 heteroatoms. The van der Waals surface area contributed by atoms with Gasteiger partial charge in [0.25, 0.3) is 0 Å². The minimum absolute atomic E-state index is 0.00470. The van der Waals surface area contributed by atoms with E-state index in [9.17, 15) is 0 Å². The van der Waals surface area contributed by atoms with Gasteiger partial charge in [0.1, 0.15) is 18.7 Å². The van der Waals surface area contributed by atoms with Gasteiger partial charge in [0.05, 0.1) is 17.6 Å². The van der Waals surface area contributed by atoms with Crippen LogP contribution in [0.3, 0.4) is 0 Å². The van der Waals surface area contributed by atoms with Crippen LogP contribution in [-0.4, -0.2) is 27.9 Å². The van der Waals surface area contributed by atoms with Gasteiger partial charge in [-0.3, -0.25) is 4.57 Å². The fraction of sp³-hybridized carbons (Fsp3) is 0.133. The van der Waals surface area contributed by atoms with E-state index in [-0.39, 0.29) is 13.2 Å². The second-order valence-corrected chi connectivity index (χ2v) is 4.43. The molecule has 0 aliphatic carbocycles. The van der Waals surface area contributed by atoms with Crippen LogP contribution in [0.2, 0.25) is 0 Å². The minimum atomic E-state index is -0.00470. The smallest absolute Gasteiger partial charge is 0.121 e. The molecule has 0 saturated carbocycles. The maximum Gasteiger partial charge on any atom is 0.121 e. The molecular weight excluding hydrogens is 254 g/mol. The molecule has 0 bridgehead atoms. The third-order valence-corrected chi connectivity index (χ3v) is 3.05. The summed E-state index contributed by atoms with van der Waals surface area (Å²) >= 11 is 0. The van der Waals surface area contributed by atoms with Gasteiger partial charge in [-0.05, 0) is 36.4 Å². The van der Waals surface area contributed by atoms with E-state index in [1.54, 1.807) is 6.33 Å². The van der Waals surface area contributed by atoms with Crippen LogP contribution in [0, 0.1) is 0 Å². The van der Waals surface area contributed by atoms with Gasteiger partial charge in [-0.2, -0.15) is 0 Å². The number of hydrogen-bond donors (Lipinski definition) is 2. The van der Waals surface area contributed by atoms with Crippen molar-refractivity contribution in [1.29, 1.82) is 0 Å². The Bertz CT molecular complexity index is 720. The molecule has 0 radical (unpaired) electrons. The molecule has 0 saturated heterocycles. The zero-order chi connectivity index (χ0) is 13.9. The van der Waals surface area contributed by atoms with Crippen molar-refractivity contribution in [2.45, 2.75) is 0 Å². The minimum Gasteiger partial charge on any atom is -0.491 e. The number of hydrogen-bond acceptors (Lipinski definition) is 4. The third-order valence-electron chi connectivity index (χ3n) is 3.05. The van der Waals surface area contributed by atoms with Crippen LogP contribution >= 0.6 is 0 Å². The fourth-order valence-electron chi connectivity index (χ4n) is 2.08. The normalized spacial score (nSPS) is 10.8. The SMILES string of the molecule is Nc1ccc(-n2cnc3ccc(OCCO)cc32)cc1. The number of nitrogen functional groups attached to an aromatic ring is 1. The molecule has 5 nitrogen and oxygen atoms in total. The molecule has 3 N–H and O–H groups in total. The molecule has 0 aliphatic rings. The van der Waals surface area contributed by atoms with Gasteiger partial charge in [0, 0.05) is 17.4 Å². The Kier molecular flexibility index (Phi) is 3.26. The van der Waals surface area contributed by atoms with Gasteiger partial charge >= 0.3 is 0 Å². The van der Waals surface area contributed by atoms with E-state index in [0.29, 0.717) is 5.75 Å². The van der Waals surface area contributed by atoms with E-state index in [4.69, 9.17) is 15.6 Å². The van der Waals surface area contributed by atoms with Gasteiger partial charge in [-0.15, -0.1) is 0 Å². The summed E-state index contributed by atoms with van der Waals surface area (Å²) in [6.45, 7) is 0.275. The Morgan fingerprint density at radius 1 is 1.15 bits per heavy atom. The number of ether oxygens (including phenoxy) is 1. The second kappa shape index (κ2) is 5.22. The zero-order valence-corrected chi connectivity index (χ0v) is 10.9. The number of aromatic nitrogens is 2. The Labute approximate surface area is 116 Å². The van der Waals surface area contributed by atoms with Crippen LogP contribution in [0.25, 0.3) is 16.7 Å². The van der Waals surface area contributed by atoms with Gasteiger partial charge < -0.3 is 15.6 Å². The number of anilines is 1. The van der Waals surface area contributed by atoms with Crippen LogP contribution in [0.4, 0.5) is 5.69 Å². The van der Waals surface area contributed by atoms with E-state index in [1.807, 2.05) is 47.0 Å². The molecule has 0 amide bonds. The second-order valence-electron chi connectivity index (χ2n) is 4.43. The first kappa shape index (κ1) is 12.5. The number of aliphatic hydroxyl groups is 1. The summed E-state index contributed by atoms with van der Waals surface area (Å²) in [5.41, 5.74) is 9.25. The Hall–Kier alpha value is -2.53. The first-order valence-electron chi connectivity index (χ1n) is 6.34. The number of benzene rings is 2. The predicted molar refractivity (Wildman–Crippen MR) is 78.1 cm³/mol. The van der Waals surface area contributed by atoms with Crippen LogP contribution in [0.5, 0.6) is 5.75 Å². The van der Waals surface area contributed by atoms with Crippen molar-refractivity contribution in [1.82, 2.24) is 9.55 Å². The van der Waals surface area contributed by atoms with Crippen LogP contribution in [0.1, 0.15) is 0 Å². The van der Waals surface area contributed by atoms with E-state index in [1.165, 1.54) is 0 Å².